The molecule has 1 aromatic rings. The van der Waals surface area contributed by atoms with Gasteiger partial charge in [-0.1, -0.05) is 28.1 Å². The normalized spacial score (nSPS) is 9.57. The van der Waals surface area contributed by atoms with Gasteiger partial charge in [-0.25, -0.2) is 4.79 Å². The summed E-state index contributed by atoms with van der Waals surface area (Å²) in [6.45, 7) is 3.09. The largest absolute Gasteiger partial charge is 0.338 e. The van der Waals surface area contributed by atoms with Gasteiger partial charge in [0.2, 0.25) is 0 Å². The average Bonchev–Trinajstić information content (AvgIpc) is 2.17. The zero-order valence-electron chi connectivity index (χ0n) is 8.01. The van der Waals surface area contributed by atoms with E-state index >= 15 is 0 Å². The average molecular weight is 257 g/mol. The Balaban J connectivity index is 2.38. The van der Waals surface area contributed by atoms with Crippen molar-refractivity contribution in [1.82, 2.24) is 10.6 Å². The molecule has 0 bridgehead atoms. The number of rotatable bonds is 3. The summed E-state index contributed by atoms with van der Waals surface area (Å²) in [6.07, 6.45) is 0. The van der Waals surface area contributed by atoms with Gasteiger partial charge in [0.1, 0.15) is 0 Å². The summed E-state index contributed by atoms with van der Waals surface area (Å²) in [7, 11) is 0. The number of benzene rings is 1. The van der Waals surface area contributed by atoms with Crippen LogP contribution in [0, 0.1) is 0 Å². The molecule has 0 aliphatic carbocycles. The molecule has 0 radical (unpaired) electrons. The molecule has 0 fully saturated rings. The fourth-order valence-electron chi connectivity index (χ4n) is 1.01. The van der Waals surface area contributed by atoms with Crippen LogP contribution in [-0.4, -0.2) is 12.6 Å². The first-order valence-corrected chi connectivity index (χ1v) is 5.28. The maximum atomic E-state index is 11.1. The highest BCUT2D eigenvalue weighted by atomic mass is 79.9. The topological polar surface area (TPSA) is 41.1 Å². The lowest BCUT2D eigenvalue weighted by atomic mass is 10.2. The Morgan fingerprint density at radius 2 is 1.93 bits per heavy atom. The molecule has 2 N–H and O–H groups in total. The summed E-state index contributed by atoms with van der Waals surface area (Å²) in [5.41, 5.74) is 1.08. The smallest absolute Gasteiger partial charge is 0.315 e. The summed E-state index contributed by atoms with van der Waals surface area (Å²) in [6, 6.07) is 7.71. The predicted octanol–water partition coefficient (Wildman–Crippen LogP) is 2.27. The van der Waals surface area contributed by atoms with Crippen LogP contribution in [0.4, 0.5) is 4.79 Å². The third-order valence-electron chi connectivity index (χ3n) is 1.70. The lowest BCUT2D eigenvalue weighted by Gasteiger charge is -2.05. The first kappa shape index (κ1) is 11.0. The van der Waals surface area contributed by atoms with Gasteiger partial charge in [-0.05, 0) is 24.6 Å². The van der Waals surface area contributed by atoms with E-state index in [1.54, 1.807) is 0 Å². The van der Waals surface area contributed by atoms with Crippen molar-refractivity contribution >= 4 is 22.0 Å². The zero-order chi connectivity index (χ0) is 10.4. The Morgan fingerprint density at radius 3 is 2.50 bits per heavy atom. The molecule has 4 heteroatoms. The van der Waals surface area contributed by atoms with E-state index in [0.29, 0.717) is 13.1 Å². The third-order valence-corrected chi connectivity index (χ3v) is 2.23. The van der Waals surface area contributed by atoms with Crippen molar-refractivity contribution in [2.24, 2.45) is 0 Å². The van der Waals surface area contributed by atoms with E-state index in [-0.39, 0.29) is 6.03 Å². The summed E-state index contributed by atoms with van der Waals surface area (Å²) in [5, 5.41) is 5.42. The van der Waals surface area contributed by atoms with Crippen LogP contribution >= 0.6 is 15.9 Å². The lowest BCUT2D eigenvalue weighted by Crippen LogP contribution is -2.34. The molecular formula is C10H13BrN2O. The molecule has 76 valence electrons. The van der Waals surface area contributed by atoms with E-state index in [9.17, 15) is 4.79 Å². The molecule has 0 heterocycles. The molecule has 3 nitrogen and oxygen atoms in total. The number of hydrogen-bond donors (Lipinski definition) is 2. The van der Waals surface area contributed by atoms with Gasteiger partial charge in [0.05, 0.1) is 0 Å². The van der Waals surface area contributed by atoms with E-state index < -0.39 is 0 Å². The molecule has 1 rings (SSSR count). The summed E-state index contributed by atoms with van der Waals surface area (Å²) >= 11 is 3.35. The summed E-state index contributed by atoms with van der Waals surface area (Å²) < 4.78 is 1.04. The highest BCUT2D eigenvalue weighted by molar-refractivity contribution is 9.10. The van der Waals surface area contributed by atoms with Crippen LogP contribution in [0.1, 0.15) is 12.5 Å². The van der Waals surface area contributed by atoms with Crippen LogP contribution < -0.4 is 10.6 Å². The van der Waals surface area contributed by atoms with Gasteiger partial charge < -0.3 is 10.6 Å². The maximum Gasteiger partial charge on any atom is 0.315 e. The number of carbonyl (C=O) groups is 1. The predicted molar refractivity (Wildman–Crippen MR) is 60.1 cm³/mol. The Hall–Kier alpha value is -1.03. The van der Waals surface area contributed by atoms with Crippen LogP contribution in [0.15, 0.2) is 28.7 Å². The number of urea groups is 1. The van der Waals surface area contributed by atoms with Crippen LogP contribution in [0.2, 0.25) is 0 Å². The second-order valence-electron chi connectivity index (χ2n) is 2.84. The number of hydrogen-bond acceptors (Lipinski definition) is 1. The fraction of sp³-hybridized carbons (Fsp3) is 0.300. The van der Waals surface area contributed by atoms with Gasteiger partial charge in [0.15, 0.2) is 0 Å². The first-order valence-electron chi connectivity index (χ1n) is 4.48. The van der Waals surface area contributed by atoms with E-state index in [2.05, 4.69) is 26.6 Å². The highest BCUT2D eigenvalue weighted by Crippen LogP contribution is 2.09. The van der Waals surface area contributed by atoms with E-state index in [4.69, 9.17) is 0 Å². The summed E-state index contributed by atoms with van der Waals surface area (Å²) in [4.78, 5) is 11.1. The van der Waals surface area contributed by atoms with Crippen LogP contribution in [0.3, 0.4) is 0 Å². The van der Waals surface area contributed by atoms with Crippen molar-refractivity contribution < 1.29 is 4.79 Å². The first-order chi connectivity index (χ1) is 6.72. The molecule has 0 unspecified atom stereocenters. The number of halogens is 1. The highest BCUT2D eigenvalue weighted by Gasteiger charge is 1.97. The molecule has 0 saturated carbocycles. The molecule has 0 spiro atoms. The van der Waals surface area contributed by atoms with Crippen LogP contribution in [0.5, 0.6) is 0 Å². The molecule has 0 atom stereocenters. The van der Waals surface area contributed by atoms with Crippen molar-refractivity contribution in [2.75, 3.05) is 6.54 Å². The molecule has 0 aliphatic heterocycles. The van der Waals surface area contributed by atoms with Crippen molar-refractivity contribution in [1.29, 1.82) is 0 Å². The van der Waals surface area contributed by atoms with E-state index in [0.717, 1.165) is 10.0 Å². The maximum absolute atomic E-state index is 11.1. The van der Waals surface area contributed by atoms with Crippen molar-refractivity contribution in [3.8, 4) is 0 Å². The van der Waals surface area contributed by atoms with Gasteiger partial charge in [0.25, 0.3) is 0 Å². The second kappa shape index (κ2) is 5.65. The van der Waals surface area contributed by atoms with Crippen molar-refractivity contribution in [3.05, 3.63) is 34.3 Å². The van der Waals surface area contributed by atoms with Gasteiger partial charge in [-0.2, -0.15) is 0 Å². The van der Waals surface area contributed by atoms with Crippen LogP contribution in [0.25, 0.3) is 0 Å². The molecule has 0 saturated heterocycles. The van der Waals surface area contributed by atoms with Gasteiger partial charge in [-0.15, -0.1) is 0 Å². The zero-order valence-corrected chi connectivity index (χ0v) is 9.60. The second-order valence-corrected chi connectivity index (χ2v) is 3.76. The molecular weight excluding hydrogens is 244 g/mol. The molecule has 0 aromatic heterocycles. The Morgan fingerprint density at radius 1 is 1.29 bits per heavy atom. The summed E-state index contributed by atoms with van der Waals surface area (Å²) in [5.74, 6) is 0. The van der Waals surface area contributed by atoms with Gasteiger partial charge in [0, 0.05) is 17.6 Å². The monoisotopic (exact) mass is 256 g/mol. The number of carbonyl (C=O) groups excluding carboxylic acids is 1. The third kappa shape index (κ3) is 3.79. The minimum atomic E-state index is -0.129. The van der Waals surface area contributed by atoms with E-state index in [1.807, 2.05) is 31.2 Å². The Labute approximate surface area is 92.0 Å². The molecule has 0 aliphatic rings. The molecule has 14 heavy (non-hydrogen) atoms. The quantitative estimate of drug-likeness (QED) is 0.856. The van der Waals surface area contributed by atoms with E-state index in [1.165, 1.54) is 0 Å². The van der Waals surface area contributed by atoms with Gasteiger partial charge in [-0.3, -0.25) is 0 Å². The minimum Gasteiger partial charge on any atom is -0.338 e. The standard InChI is InChI=1S/C10H13BrN2O/c1-2-12-10(14)13-7-8-3-5-9(11)6-4-8/h3-6H,2,7H2,1H3,(H2,12,13,14). The van der Waals surface area contributed by atoms with Crippen molar-refractivity contribution in [3.63, 3.8) is 0 Å². The minimum absolute atomic E-state index is 0.129. The molecule has 2 amide bonds. The van der Waals surface area contributed by atoms with Crippen molar-refractivity contribution in [2.45, 2.75) is 13.5 Å². The van der Waals surface area contributed by atoms with Crippen LogP contribution in [-0.2, 0) is 6.54 Å². The number of amides is 2. The fourth-order valence-corrected chi connectivity index (χ4v) is 1.27. The molecule has 1 aromatic carbocycles. The number of nitrogens with one attached hydrogen (secondary N) is 2. The Kier molecular flexibility index (Phi) is 4.46. The SMILES string of the molecule is CCNC(=O)NCc1ccc(Br)cc1. The Bertz CT molecular complexity index is 297. The lowest BCUT2D eigenvalue weighted by molar-refractivity contribution is 0.241. The van der Waals surface area contributed by atoms with Gasteiger partial charge >= 0.3 is 6.03 Å².